The third kappa shape index (κ3) is 6.00. The molecule has 1 aliphatic rings. The highest BCUT2D eigenvalue weighted by atomic mass is 32.2. The van der Waals surface area contributed by atoms with Crippen molar-refractivity contribution >= 4 is 27.0 Å². The maximum Gasteiger partial charge on any atom is 0.309 e. The lowest BCUT2D eigenvalue weighted by Gasteiger charge is -2.29. The molecule has 1 N–H and O–H groups in total. The van der Waals surface area contributed by atoms with Gasteiger partial charge in [-0.05, 0) is 64.7 Å². The van der Waals surface area contributed by atoms with Crippen LogP contribution >= 0.6 is 0 Å². The van der Waals surface area contributed by atoms with Crippen LogP contribution in [0.2, 0.25) is 0 Å². The van der Waals surface area contributed by atoms with Gasteiger partial charge in [0.15, 0.2) is 5.65 Å². The van der Waals surface area contributed by atoms with E-state index in [-0.39, 0.29) is 28.5 Å². The van der Waals surface area contributed by atoms with Gasteiger partial charge in [0.1, 0.15) is 11.7 Å². The molecule has 0 saturated heterocycles. The molecular weight excluding hydrogens is 568 g/mol. The lowest BCUT2D eigenvalue weighted by Crippen LogP contribution is -2.33. The largest absolute Gasteiger partial charge is 0.473 e. The second kappa shape index (κ2) is 11.3. The van der Waals surface area contributed by atoms with Gasteiger partial charge in [0, 0.05) is 40.7 Å². The van der Waals surface area contributed by atoms with Gasteiger partial charge in [0.25, 0.3) is 10.0 Å². The summed E-state index contributed by atoms with van der Waals surface area (Å²) in [7, 11) is -3.96. The molecule has 0 radical (unpaired) electrons. The summed E-state index contributed by atoms with van der Waals surface area (Å²) in [6.07, 6.45) is 12.2. The zero-order valence-corrected chi connectivity index (χ0v) is 24.9. The molecule has 11 nitrogen and oxygen atoms in total. The second-order valence-electron chi connectivity index (χ2n) is 11.6. The van der Waals surface area contributed by atoms with E-state index in [2.05, 4.69) is 20.2 Å². The molecule has 5 aromatic rings. The summed E-state index contributed by atoms with van der Waals surface area (Å²) in [4.78, 5) is 26.3. The van der Waals surface area contributed by atoms with Crippen LogP contribution in [0.25, 0.3) is 33.4 Å². The number of aromatic nitrogens is 6. The molecule has 1 aliphatic carbocycles. The van der Waals surface area contributed by atoms with Crippen LogP contribution in [0.5, 0.6) is 5.88 Å². The van der Waals surface area contributed by atoms with Gasteiger partial charge in [-0.2, -0.15) is 5.10 Å². The Labute approximate surface area is 249 Å². The molecule has 0 aliphatic heterocycles. The predicted octanol–water partition coefficient (Wildman–Crippen LogP) is 5.40. The molecule has 0 amide bonds. The molecule has 0 atom stereocenters. The minimum Gasteiger partial charge on any atom is -0.473 e. The van der Waals surface area contributed by atoms with Crippen molar-refractivity contribution in [3.05, 3.63) is 73.6 Å². The Morgan fingerprint density at radius 2 is 1.77 bits per heavy atom. The normalized spacial score (nSPS) is 17.6. The smallest absolute Gasteiger partial charge is 0.309 e. The van der Waals surface area contributed by atoms with E-state index in [1.54, 1.807) is 61.3 Å². The Morgan fingerprint density at radius 3 is 2.47 bits per heavy atom. The van der Waals surface area contributed by atoms with Crippen molar-refractivity contribution in [1.82, 2.24) is 29.1 Å². The van der Waals surface area contributed by atoms with Crippen molar-refractivity contribution < 1.29 is 22.7 Å². The fraction of sp³-hybridized carbons (Fsp3) is 0.323. The van der Waals surface area contributed by atoms with Crippen molar-refractivity contribution in [2.45, 2.75) is 63.1 Å². The number of carbonyl (C=O) groups excluding carboxylic acids is 1. The lowest BCUT2D eigenvalue weighted by atomic mass is 9.87. The number of fused-ring (bicyclic) bond motifs is 1. The van der Waals surface area contributed by atoms with Gasteiger partial charge in [-0.1, -0.05) is 18.2 Å². The number of hydrogen-bond acceptors (Lipinski definition) is 9. The molecule has 4 aromatic heterocycles. The number of aromatic amines is 1. The lowest BCUT2D eigenvalue weighted by molar-refractivity contribution is -0.161. The third-order valence-electron chi connectivity index (χ3n) is 7.33. The van der Waals surface area contributed by atoms with Crippen molar-refractivity contribution in [2.24, 2.45) is 5.92 Å². The van der Waals surface area contributed by atoms with Crippen LogP contribution < -0.4 is 4.74 Å². The van der Waals surface area contributed by atoms with E-state index in [1.165, 1.54) is 10.2 Å². The van der Waals surface area contributed by atoms with Crippen molar-refractivity contribution in [3.63, 3.8) is 0 Å². The van der Waals surface area contributed by atoms with Crippen LogP contribution in [0.4, 0.5) is 0 Å². The summed E-state index contributed by atoms with van der Waals surface area (Å²) in [6.45, 7) is 5.61. The van der Waals surface area contributed by atoms with E-state index in [0.29, 0.717) is 48.2 Å². The number of nitrogens with one attached hydrogen (secondary N) is 1. The fourth-order valence-corrected chi connectivity index (χ4v) is 6.59. The van der Waals surface area contributed by atoms with Crippen molar-refractivity contribution in [3.8, 4) is 28.3 Å². The minimum absolute atomic E-state index is 0.127. The van der Waals surface area contributed by atoms with E-state index in [1.807, 2.05) is 26.8 Å². The number of H-pyrrole nitrogens is 1. The zero-order chi connectivity index (χ0) is 30.2. The standard InChI is InChI=1S/C31H32N6O5S/c1-31(2,3)42-30(38)20-9-11-23(12-10-20)41-28-18-32-17-27(36-28)26-19-37(43(39,40)24-7-5-4-6-8-24)29-25(26)13-21(14-33-29)22-15-34-35-16-22/h4-8,13-20,23H,9-12H2,1-3H3,(H,34,35). The summed E-state index contributed by atoms with van der Waals surface area (Å²) in [5.74, 6) is 0.00748. The van der Waals surface area contributed by atoms with E-state index >= 15 is 0 Å². The first-order chi connectivity index (χ1) is 20.6. The Hall–Kier alpha value is -4.58. The van der Waals surface area contributed by atoms with E-state index in [0.717, 1.165) is 11.1 Å². The number of pyridine rings is 1. The quantitative estimate of drug-likeness (QED) is 0.243. The fourth-order valence-electron chi connectivity index (χ4n) is 5.25. The molecule has 0 unspecified atom stereocenters. The van der Waals surface area contributed by atoms with Gasteiger partial charge >= 0.3 is 5.97 Å². The molecule has 1 aromatic carbocycles. The maximum absolute atomic E-state index is 13.7. The van der Waals surface area contributed by atoms with Gasteiger partial charge in [0.05, 0.1) is 35.1 Å². The average molecular weight is 601 g/mol. The Kier molecular flexibility index (Phi) is 7.47. The average Bonchev–Trinajstić information content (AvgIpc) is 3.66. The molecule has 222 valence electrons. The SMILES string of the molecule is CC(C)(C)OC(=O)C1CCC(Oc2cncc(-c3cn(S(=O)(=O)c4ccccc4)c4ncc(-c5cn[nH]c5)cc34)n2)CC1. The summed E-state index contributed by atoms with van der Waals surface area (Å²) >= 11 is 0. The number of ether oxygens (including phenoxy) is 2. The molecule has 1 fully saturated rings. The topological polar surface area (TPSA) is 142 Å². The van der Waals surface area contributed by atoms with Gasteiger partial charge < -0.3 is 9.47 Å². The molecule has 6 rings (SSSR count). The van der Waals surface area contributed by atoms with E-state index < -0.39 is 15.6 Å². The first-order valence-corrected chi connectivity index (χ1v) is 15.6. The number of esters is 1. The second-order valence-corrected chi connectivity index (χ2v) is 13.4. The van der Waals surface area contributed by atoms with Gasteiger partial charge in [0.2, 0.25) is 5.88 Å². The zero-order valence-electron chi connectivity index (χ0n) is 24.1. The molecular formula is C31H32N6O5S. The summed E-state index contributed by atoms with van der Waals surface area (Å²) in [5.41, 5.74) is 2.30. The first kappa shape index (κ1) is 28.5. The van der Waals surface area contributed by atoms with Crippen LogP contribution in [0.3, 0.4) is 0 Å². The van der Waals surface area contributed by atoms with Crippen LogP contribution in [0, 0.1) is 5.92 Å². The van der Waals surface area contributed by atoms with Gasteiger partial charge in [-0.25, -0.2) is 22.4 Å². The Bertz CT molecular complexity index is 1860. The van der Waals surface area contributed by atoms with Gasteiger partial charge in [-0.3, -0.25) is 14.9 Å². The number of nitrogens with zero attached hydrogens (tertiary/aromatic N) is 5. The summed E-state index contributed by atoms with van der Waals surface area (Å²) < 4.78 is 40.3. The molecule has 0 bridgehead atoms. The summed E-state index contributed by atoms with van der Waals surface area (Å²) in [6, 6.07) is 10.1. The Balaban J connectivity index is 1.31. The first-order valence-electron chi connectivity index (χ1n) is 14.1. The number of rotatable bonds is 7. The highest BCUT2D eigenvalue weighted by Gasteiger charge is 2.31. The molecule has 12 heteroatoms. The van der Waals surface area contributed by atoms with Crippen LogP contribution in [0.15, 0.2) is 78.5 Å². The van der Waals surface area contributed by atoms with Crippen LogP contribution in [-0.2, 0) is 19.6 Å². The highest BCUT2D eigenvalue weighted by Crippen LogP contribution is 2.35. The van der Waals surface area contributed by atoms with E-state index in [4.69, 9.17) is 14.5 Å². The summed E-state index contributed by atoms with van der Waals surface area (Å²) in [5, 5.41) is 7.40. The monoisotopic (exact) mass is 600 g/mol. The maximum atomic E-state index is 13.7. The number of hydrogen-bond donors (Lipinski definition) is 1. The number of carbonyl (C=O) groups is 1. The third-order valence-corrected chi connectivity index (χ3v) is 9.00. The molecule has 4 heterocycles. The highest BCUT2D eigenvalue weighted by molar-refractivity contribution is 7.90. The van der Waals surface area contributed by atoms with E-state index in [9.17, 15) is 13.2 Å². The van der Waals surface area contributed by atoms with Crippen LogP contribution in [0.1, 0.15) is 46.5 Å². The van der Waals surface area contributed by atoms with Crippen molar-refractivity contribution in [1.29, 1.82) is 0 Å². The number of benzene rings is 1. The van der Waals surface area contributed by atoms with Crippen LogP contribution in [-0.4, -0.2) is 55.2 Å². The molecule has 43 heavy (non-hydrogen) atoms. The van der Waals surface area contributed by atoms with Crippen molar-refractivity contribution in [2.75, 3.05) is 0 Å². The molecule has 1 saturated carbocycles. The molecule has 0 spiro atoms. The predicted molar refractivity (Wildman–Crippen MR) is 160 cm³/mol. The van der Waals surface area contributed by atoms with Gasteiger partial charge in [-0.15, -0.1) is 0 Å². The Morgan fingerprint density at radius 1 is 1.00 bits per heavy atom. The minimum atomic E-state index is -3.96.